The Bertz CT molecular complexity index is 1390. The molecule has 1 aromatic carbocycles. The number of aromatic nitrogens is 6. The largest absolute Gasteiger partial charge is 0.379 e. The minimum atomic E-state index is 0.771. The molecule has 4 aromatic heterocycles. The van der Waals surface area contributed by atoms with Crippen molar-refractivity contribution >= 4 is 16.7 Å². The predicted molar refractivity (Wildman–Crippen MR) is 127 cm³/mol. The summed E-state index contributed by atoms with van der Waals surface area (Å²) in [6, 6.07) is 17.0. The minimum absolute atomic E-state index is 0.771. The monoisotopic (exact) mass is 441 g/mol. The predicted octanol–water partition coefficient (Wildman–Crippen LogP) is 3.24. The highest BCUT2D eigenvalue weighted by molar-refractivity contribution is 5.86. The number of hydrogen-bond acceptors (Lipinski definition) is 5. The average Bonchev–Trinajstić information content (AvgIpc) is 3.57. The van der Waals surface area contributed by atoms with Crippen molar-refractivity contribution in [1.82, 2.24) is 33.6 Å². The number of nitrogens with zero attached hydrogens (tertiary/aromatic N) is 7. The Kier molecular flexibility index (Phi) is 5.16. The van der Waals surface area contributed by atoms with Crippen LogP contribution in [0.5, 0.6) is 0 Å². The summed E-state index contributed by atoms with van der Waals surface area (Å²) < 4.78 is 12.1. The first-order valence-electron chi connectivity index (χ1n) is 11.5. The van der Waals surface area contributed by atoms with Crippen molar-refractivity contribution in [3.05, 3.63) is 72.4 Å². The van der Waals surface area contributed by atoms with Gasteiger partial charge in [-0.1, -0.05) is 30.3 Å². The Morgan fingerprint density at radius 3 is 2.64 bits per heavy atom. The summed E-state index contributed by atoms with van der Waals surface area (Å²) in [5.41, 5.74) is 6.43. The first-order valence-corrected chi connectivity index (χ1v) is 11.5. The van der Waals surface area contributed by atoms with Gasteiger partial charge >= 0.3 is 0 Å². The van der Waals surface area contributed by atoms with Crippen LogP contribution in [-0.2, 0) is 17.8 Å². The first-order chi connectivity index (χ1) is 16.3. The highest BCUT2D eigenvalue weighted by Crippen LogP contribution is 2.29. The SMILES string of the molecule is Cc1nnc2ccc3c(cc(-c4cn(CCN5CCOCC5)cn4)n3Cc3ccccc3)n12. The van der Waals surface area contributed by atoms with Crippen LogP contribution in [0.3, 0.4) is 0 Å². The van der Waals surface area contributed by atoms with Gasteiger partial charge in [0.15, 0.2) is 5.65 Å². The molecule has 1 saturated heterocycles. The number of imidazole rings is 1. The van der Waals surface area contributed by atoms with E-state index in [1.807, 2.05) is 19.3 Å². The van der Waals surface area contributed by atoms with E-state index in [0.29, 0.717) is 0 Å². The molecule has 0 spiro atoms. The molecule has 0 amide bonds. The van der Waals surface area contributed by atoms with Gasteiger partial charge in [0.1, 0.15) is 11.5 Å². The van der Waals surface area contributed by atoms with Crippen LogP contribution in [0.25, 0.3) is 28.1 Å². The molecule has 1 aliphatic rings. The Hall–Kier alpha value is -3.49. The number of aryl methyl sites for hydroxylation is 1. The summed E-state index contributed by atoms with van der Waals surface area (Å²) in [6.45, 7) is 8.34. The van der Waals surface area contributed by atoms with Gasteiger partial charge in [0, 0.05) is 38.9 Å². The molecule has 168 valence electrons. The Balaban J connectivity index is 1.39. The number of hydrogen-bond donors (Lipinski definition) is 0. The standard InChI is InChI=1S/C25H27N7O/c1-19-27-28-25-8-7-22-24(32(19)25)15-23(31(22)16-20-5-3-2-4-6-20)21-17-30(18-26-21)10-9-29-11-13-33-14-12-29/h2-8,15,17-18H,9-14,16H2,1H3. The van der Waals surface area contributed by atoms with E-state index in [4.69, 9.17) is 9.72 Å². The number of benzene rings is 1. The molecule has 5 aromatic rings. The molecular formula is C25H27N7O. The molecular weight excluding hydrogens is 414 g/mol. The molecule has 0 aliphatic carbocycles. The van der Waals surface area contributed by atoms with Crippen LogP contribution < -0.4 is 0 Å². The maximum absolute atomic E-state index is 5.46. The zero-order chi connectivity index (χ0) is 22.2. The number of pyridine rings is 1. The summed E-state index contributed by atoms with van der Waals surface area (Å²) in [5, 5.41) is 8.59. The van der Waals surface area contributed by atoms with E-state index in [1.54, 1.807) is 0 Å². The lowest BCUT2D eigenvalue weighted by Gasteiger charge is -2.26. The smallest absolute Gasteiger partial charge is 0.161 e. The number of ether oxygens (including phenoxy) is 1. The Labute approximate surface area is 192 Å². The molecule has 0 unspecified atom stereocenters. The van der Waals surface area contributed by atoms with Crippen molar-refractivity contribution in [2.75, 3.05) is 32.8 Å². The second-order valence-electron chi connectivity index (χ2n) is 8.60. The van der Waals surface area contributed by atoms with Gasteiger partial charge in [0.25, 0.3) is 0 Å². The summed E-state index contributed by atoms with van der Waals surface area (Å²) >= 11 is 0. The van der Waals surface area contributed by atoms with Crippen LogP contribution in [0.2, 0.25) is 0 Å². The summed E-state index contributed by atoms with van der Waals surface area (Å²) in [7, 11) is 0. The van der Waals surface area contributed by atoms with Gasteiger partial charge in [-0.05, 0) is 30.7 Å². The fraction of sp³-hybridized carbons (Fsp3) is 0.320. The quantitative estimate of drug-likeness (QED) is 0.405. The van der Waals surface area contributed by atoms with E-state index in [2.05, 4.69) is 77.3 Å². The Morgan fingerprint density at radius 1 is 0.939 bits per heavy atom. The number of morpholine rings is 1. The van der Waals surface area contributed by atoms with Crippen molar-refractivity contribution < 1.29 is 4.74 Å². The molecule has 8 heteroatoms. The van der Waals surface area contributed by atoms with Gasteiger partial charge < -0.3 is 13.9 Å². The Morgan fingerprint density at radius 2 is 1.79 bits per heavy atom. The van der Waals surface area contributed by atoms with Crippen molar-refractivity contribution in [1.29, 1.82) is 0 Å². The zero-order valence-electron chi connectivity index (χ0n) is 18.8. The van der Waals surface area contributed by atoms with E-state index >= 15 is 0 Å². The third-order valence-corrected chi connectivity index (χ3v) is 6.46. The van der Waals surface area contributed by atoms with Crippen LogP contribution in [0.15, 0.2) is 61.1 Å². The van der Waals surface area contributed by atoms with Gasteiger partial charge in [0.05, 0.1) is 36.3 Å². The fourth-order valence-electron chi connectivity index (χ4n) is 4.69. The second kappa shape index (κ2) is 8.46. The van der Waals surface area contributed by atoms with Crippen LogP contribution in [0, 0.1) is 6.92 Å². The molecule has 0 saturated carbocycles. The van der Waals surface area contributed by atoms with Crippen LogP contribution in [-0.4, -0.2) is 66.5 Å². The molecule has 0 radical (unpaired) electrons. The lowest BCUT2D eigenvalue weighted by molar-refractivity contribution is 0.0364. The third-order valence-electron chi connectivity index (χ3n) is 6.46. The highest BCUT2D eigenvalue weighted by Gasteiger charge is 2.17. The van der Waals surface area contributed by atoms with Crippen molar-refractivity contribution in [2.45, 2.75) is 20.0 Å². The van der Waals surface area contributed by atoms with E-state index in [-0.39, 0.29) is 0 Å². The lowest BCUT2D eigenvalue weighted by Crippen LogP contribution is -2.38. The van der Waals surface area contributed by atoms with E-state index in [0.717, 1.165) is 79.8 Å². The lowest BCUT2D eigenvalue weighted by atomic mass is 10.2. The summed E-state index contributed by atoms with van der Waals surface area (Å²) in [6.07, 6.45) is 4.10. The topological polar surface area (TPSA) is 65.4 Å². The molecule has 0 N–H and O–H groups in total. The average molecular weight is 442 g/mol. The fourth-order valence-corrected chi connectivity index (χ4v) is 4.69. The van der Waals surface area contributed by atoms with Crippen LogP contribution in [0.1, 0.15) is 11.4 Å². The van der Waals surface area contributed by atoms with Gasteiger partial charge in [-0.3, -0.25) is 9.30 Å². The first kappa shape index (κ1) is 20.1. The summed E-state index contributed by atoms with van der Waals surface area (Å²) in [5.74, 6) is 0.884. The highest BCUT2D eigenvalue weighted by atomic mass is 16.5. The third kappa shape index (κ3) is 3.81. The van der Waals surface area contributed by atoms with Crippen molar-refractivity contribution in [3.8, 4) is 11.4 Å². The van der Waals surface area contributed by atoms with Gasteiger partial charge in [-0.2, -0.15) is 0 Å². The van der Waals surface area contributed by atoms with Gasteiger partial charge in [-0.15, -0.1) is 10.2 Å². The van der Waals surface area contributed by atoms with Gasteiger partial charge in [0.2, 0.25) is 0 Å². The molecule has 6 rings (SSSR count). The maximum atomic E-state index is 5.46. The molecule has 1 fully saturated rings. The van der Waals surface area contributed by atoms with E-state index in [9.17, 15) is 0 Å². The van der Waals surface area contributed by atoms with Crippen LogP contribution in [0.4, 0.5) is 0 Å². The summed E-state index contributed by atoms with van der Waals surface area (Å²) in [4.78, 5) is 7.24. The zero-order valence-corrected chi connectivity index (χ0v) is 18.8. The molecule has 33 heavy (non-hydrogen) atoms. The van der Waals surface area contributed by atoms with Crippen LogP contribution >= 0.6 is 0 Å². The number of fused-ring (bicyclic) bond motifs is 3. The second-order valence-corrected chi connectivity index (χ2v) is 8.60. The van der Waals surface area contributed by atoms with E-state index in [1.165, 1.54) is 5.56 Å². The van der Waals surface area contributed by atoms with Crippen molar-refractivity contribution in [3.63, 3.8) is 0 Å². The minimum Gasteiger partial charge on any atom is -0.379 e. The van der Waals surface area contributed by atoms with Gasteiger partial charge in [-0.25, -0.2) is 4.98 Å². The molecule has 8 nitrogen and oxygen atoms in total. The molecule has 0 atom stereocenters. The van der Waals surface area contributed by atoms with E-state index < -0.39 is 0 Å². The van der Waals surface area contributed by atoms with Crippen molar-refractivity contribution in [2.24, 2.45) is 0 Å². The molecule has 1 aliphatic heterocycles. The maximum Gasteiger partial charge on any atom is 0.161 e. The normalized spacial score (nSPS) is 15.1. The molecule has 0 bridgehead atoms. The molecule has 5 heterocycles. The number of rotatable bonds is 6.